The summed E-state index contributed by atoms with van der Waals surface area (Å²) in [6.45, 7) is 11.0. The van der Waals surface area contributed by atoms with E-state index in [1.807, 2.05) is 0 Å². The first-order chi connectivity index (χ1) is 8.36. The second-order valence-electron chi connectivity index (χ2n) is 5.55. The third-order valence-corrected chi connectivity index (χ3v) is 3.82. The Balaban J connectivity index is 1.87. The Hall–Kier alpha value is -0.0800. The monoisotopic (exact) mass is 240 g/mol. The Morgan fingerprint density at radius 2 is 1.94 bits per heavy atom. The second kappa shape index (κ2) is 9.90. The van der Waals surface area contributed by atoms with Crippen molar-refractivity contribution in [3.63, 3.8) is 0 Å². The van der Waals surface area contributed by atoms with Crippen LogP contribution < -0.4 is 5.32 Å². The van der Waals surface area contributed by atoms with Crippen LogP contribution in [0.2, 0.25) is 0 Å². The van der Waals surface area contributed by atoms with Gasteiger partial charge in [-0.05, 0) is 64.2 Å². The average molecular weight is 240 g/mol. The Bertz CT molecular complexity index is 170. The molecule has 0 radical (unpaired) electrons. The molecule has 0 spiro atoms. The molecule has 1 saturated heterocycles. The van der Waals surface area contributed by atoms with Crippen LogP contribution in [0.5, 0.6) is 0 Å². The van der Waals surface area contributed by atoms with E-state index in [9.17, 15) is 0 Å². The van der Waals surface area contributed by atoms with Gasteiger partial charge in [0.05, 0.1) is 0 Å². The van der Waals surface area contributed by atoms with Gasteiger partial charge < -0.3 is 10.2 Å². The van der Waals surface area contributed by atoms with Crippen molar-refractivity contribution < 1.29 is 0 Å². The number of nitrogens with zero attached hydrogens (tertiary/aromatic N) is 1. The first-order valence-corrected chi connectivity index (χ1v) is 7.79. The molecule has 17 heavy (non-hydrogen) atoms. The van der Waals surface area contributed by atoms with Gasteiger partial charge in [-0.1, -0.05) is 26.7 Å². The summed E-state index contributed by atoms with van der Waals surface area (Å²) in [5, 5.41) is 3.47. The van der Waals surface area contributed by atoms with Gasteiger partial charge in [0.1, 0.15) is 0 Å². The minimum Gasteiger partial charge on any atom is -0.317 e. The van der Waals surface area contributed by atoms with Gasteiger partial charge in [0.2, 0.25) is 0 Å². The topological polar surface area (TPSA) is 15.3 Å². The summed E-state index contributed by atoms with van der Waals surface area (Å²) in [6.07, 6.45) is 9.65. The quantitative estimate of drug-likeness (QED) is 0.590. The largest absolute Gasteiger partial charge is 0.317 e. The molecule has 1 aliphatic heterocycles. The van der Waals surface area contributed by atoms with Gasteiger partial charge in [0.25, 0.3) is 0 Å². The zero-order valence-electron chi connectivity index (χ0n) is 12.0. The lowest BCUT2D eigenvalue weighted by Gasteiger charge is -2.15. The Morgan fingerprint density at radius 1 is 1.06 bits per heavy atom. The number of hydrogen-bond acceptors (Lipinski definition) is 2. The van der Waals surface area contributed by atoms with Gasteiger partial charge in [-0.3, -0.25) is 0 Å². The van der Waals surface area contributed by atoms with Crippen LogP contribution in [0.25, 0.3) is 0 Å². The van der Waals surface area contributed by atoms with Gasteiger partial charge in [-0.2, -0.15) is 0 Å². The minimum absolute atomic E-state index is 1.01. The maximum atomic E-state index is 3.47. The third kappa shape index (κ3) is 7.05. The van der Waals surface area contributed by atoms with Crippen LogP contribution in [-0.2, 0) is 0 Å². The molecule has 0 saturated carbocycles. The van der Waals surface area contributed by atoms with E-state index < -0.39 is 0 Å². The zero-order valence-corrected chi connectivity index (χ0v) is 12.0. The van der Waals surface area contributed by atoms with E-state index in [0.717, 1.165) is 5.92 Å². The van der Waals surface area contributed by atoms with Crippen LogP contribution in [0.4, 0.5) is 0 Å². The molecule has 2 heteroatoms. The van der Waals surface area contributed by atoms with Gasteiger partial charge in [-0.15, -0.1) is 0 Å². The lowest BCUT2D eigenvalue weighted by molar-refractivity contribution is 0.311. The molecule has 0 amide bonds. The summed E-state index contributed by atoms with van der Waals surface area (Å²) in [5.41, 5.74) is 0. The summed E-state index contributed by atoms with van der Waals surface area (Å²) < 4.78 is 0. The number of hydrogen-bond donors (Lipinski definition) is 1. The Morgan fingerprint density at radius 3 is 2.71 bits per heavy atom. The number of unbranched alkanes of at least 4 members (excludes halogenated alkanes) is 2. The van der Waals surface area contributed by atoms with Crippen molar-refractivity contribution in [3.8, 4) is 0 Å². The molecule has 102 valence electrons. The molecule has 0 aliphatic carbocycles. The first-order valence-electron chi connectivity index (χ1n) is 7.79. The first kappa shape index (κ1) is 15.0. The maximum Gasteiger partial charge on any atom is 0.00101 e. The van der Waals surface area contributed by atoms with Crippen molar-refractivity contribution in [1.82, 2.24) is 10.2 Å². The van der Waals surface area contributed by atoms with E-state index in [1.54, 1.807) is 0 Å². The van der Waals surface area contributed by atoms with Gasteiger partial charge in [0, 0.05) is 6.54 Å². The molecular weight excluding hydrogens is 208 g/mol. The third-order valence-electron chi connectivity index (χ3n) is 3.82. The standard InChI is InChI=1S/C15H32N2/c1-3-8-15-9-13-17(14-15)12-7-5-6-11-16-10-4-2/h15-16H,3-14H2,1-2H3. The van der Waals surface area contributed by atoms with E-state index in [2.05, 4.69) is 24.1 Å². The highest BCUT2D eigenvalue weighted by Gasteiger charge is 2.20. The van der Waals surface area contributed by atoms with Crippen LogP contribution >= 0.6 is 0 Å². The van der Waals surface area contributed by atoms with Crippen LogP contribution in [0.1, 0.15) is 58.8 Å². The van der Waals surface area contributed by atoms with Crippen molar-refractivity contribution in [1.29, 1.82) is 0 Å². The van der Waals surface area contributed by atoms with Crippen LogP contribution in [-0.4, -0.2) is 37.6 Å². The van der Waals surface area contributed by atoms with Crippen LogP contribution in [0.15, 0.2) is 0 Å². The predicted molar refractivity (Wildman–Crippen MR) is 76.5 cm³/mol. The SMILES string of the molecule is CCCNCCCCCN1CCC(CCC)C1. The fourth-order valence-corrected chi connectivity index (χ4v) is 2.82. The smallest absolute Gasteiger partial charge is 0.00101 e. The molecule has 1 fully saturated rings. The summed E-state index contributed by atoms with van der Waals surface area (Å²) in [4.78, 5) is 2.68. The number of nitrogens with one attached hydrogen (secondary N) is 1. The molecule has 1 unspecified atom stereocenters. The number of rotatable bonds is 10. The maximum absolute atomic E-state index is 3.47. The fraction of sp³-hybridized carbons (Fsp3) is 1.00. The van der Waals surface area contributed by atoms with E-state index >= 15 is 0 Å². The van der Waals surface area contributed by atoms with Crippen molar-refractivity contribution in [2.45, 2.75) is 58.8 Å². The highest BCUT2D eigenvalue weighted by molar-refractivity contribution is 4.74. The predicted octanol–water partition coefficient (Wildman–Crippen LogP) is 3.28. The van der Waals surface area contributed by atoms with Crippen molar-refractivity contribution in [2.24, 2.45) is 5.92 Å². The molecule has 1 heterocycles. The molecule has 0 aromatic rings. The van der Waals surface area contributed by atoms with Gasteiger partial charge in [-0.25, -0.2) is 0 Å². The zero-order chi connectivity index (χ0) is 12.3. The molecular formula is C15H32N2. The van der Waals surface area contributed by atoms with Crippen molar-refractivity contribution in [2.75, 3.05) is 32.7 Å². The van der Waals surface area contributed by atoms with Crippen LogP contribution in [0.3, 0.4) is 0 Å². The number of likely N-dealkylation sites (tertiary alicyclic amines) is 1. The van der Waals surface area contributed by atoms with Crippen molar-refractivity contribution in [3.05, 3.63) is 0 Å². The molecule has 2 nitrogen and oxygen atoms in total. The molecule has 1 aliphatic rings. The Labute approximate surface area is 108 Å². The highest BCUT2D eigenvalue weighted by atomic mass is 15.1. The van der Waals surface area contributed by atoms with E-state index in [4.69, 9.17) is 0 Å². The van der Waals surface area contributed by atoms with Crippen molar-refractivity contribution >= 4 is 0 Å². The van der Waals surface area contributed by atoms with Gasteiger partial charge in [0.15, 0.2) is 0 Å². The summed E-state index contributed by atoms with van der Waals surface area (Å²) in [7, 11) is 0. The average Bonchev–Trinajstić information content (AvgIpc) is 2.76. The lowest BCUT2D eigenvalue weighted by atomic mass is 10.0. The molecule has 0 aromatic heterocycles. The second-order valence-corrected chi connectivity index (χ2v) is 5.55. The summed E-state index contributed by atoms with van der Waals surface area (Å²) >= 11 is 0. The van der Waals surface area contributed by atoms with E-state index in [1.165, 1.54) is 77.7 Å². The molecule has 0 aromatic carbocycles. The fourth-order valence-electron chi connectivity index (χ4n) is 2.82. The van der Waals surface area contributed by atoms with E-state index in [-0.39, 0.29) is 0 Å². The molecule has 0 bridgehead atoms. The highest BCUT2D eigenvalue weighted by Crippen LogP contribution is 2.20. The normalized spacial score (nSPS) is 21.2. The lowest BCUT2D eigenvalue weighted by Crippen LogP contribution is -2.22. The minimum atomic E-state index is 1.01. The van der Waals surface area contributed by atoms with Gasteiger partial charge >= 0.3 is 0 Å². The molecule has 1 atom stereocenters. The molecule has 1 N–H and O–H groups in total. The summed E-state index contributed by atoms with van der Waals surface area (Å²) in [6, 6.07) is 0. The molecule has 1 rings (SSSR count). The Kier molecular flexibility index (Phi) is 8.72. The van der Waals surface area contributed by atoms with Crippen LogP contribution in [0, 0.1) is 5.92 Å². The summed E-state index contributed by atoms with van der Waals surface area (Å²) in [5.74, 6) is 1.01. The van der Waals surface area contributed by atoms with E-state index in [0.29, 0.717) is 0 Å².